The second kappa shape index (κ2) is 7.04. The van der Waals surface area contributed by atoms with E-state index in [4.69, 9.17) is 4.74 Å². The highest BCUT2D eigenvalue weighted by Gasteiger charge is 2.19. The van der Waals surface area contributed by atoms with Crippen molar-refractivity contribution in [3.05, 3.63) is 0 Å². The zero-order valence-electron chi connectivity index (χ0n) is 10.0. The Morgan fingerprint density at radius 2 is 2.27 bits per heavy atom. The molecule has 0 radical (unpaired) electrons. The maximum absolute atomic E-state index is 5.72. The Balaban J connectivity index is 2.23. The van der Waals surface area contributed by atoms with Crippen LogP contribution in [0.2, 0.25) is 0 Å². The van der Waals surface area contributed by atoms with Gasteiger partial charge in [0.1, 0.15) is 0 Å². The molecule has 0 spiro atoms. The molecule has 1 fully saturated rings. The number of rotatable bonds is 5. The standard InChI is InChI=1S/C11H23IN2O/c1-9(2)11(6-12)13-7-10-8-14(3)4-5-15-10/h9-11,13H,4-8H2,1-3H3. The Morgan fingerprint density at radius 1 is 1.53 bits per heavy atom. The van der Waals surface area contributed by atoms with E-state index in [-0.39, 0.29) is 0 Å². The monoisotopic (exact) mass is 326 g/mol. The molecule has 90 valence electrons. The first-order valence-electron chi connectivity index (χ1n) is 5.73. The molecule has 1 saturated heterocycles. The molecule has 2 unspecified atom stereocenters. The van der Waals surface area contributed by atoms with Crippen molar-refractivity contribution in [1.29, 1.82) is 0 Å². The summed E-state index contributed by atoms with van der Waals surface area (Å²) < 4.78 is 6.88. The number of nitrogens with zero attached hydrogens (tertiary/aromatic N) is 1. The first kappa shape index (κ1) is 13.7. The first-order valence-corrected chi connectivity index (χ1v) is 7.25. The van der Waals surface area contributed by atoms with E-state index < -0.39 is 0 Å². The second-order valence-corrected chi connectivity index (χ2v) is 5.55. The molecule has 0 bridgehead atoms. The lowest BCUT2D eigenvalue weighted by atomic mass is 10.1. The van der Waals surface area contributed by atoms with Crippen LogP contribution in [0.5, 0.6) is 0 Å². The largest absolute Gasteiger partial charge is 0.374 e. The smallest absolute Gasteiger partial charge is 0.0826 e. The van der Waals surface area contributed by atoms with E-state index in [0.29, 0.717) is 18.1 Å². The summed E-state index contributed by atoms with van der Waals surface area (Å²) >= 11 is 2.45. The molecule has 1 heterocycles. The van der Waals surface area contributed by atoms with Gasteiger partial charge in [0.2, 0.25) is 0 Å². The van der Waals surface area contributed by atoms with Crippen LogP contribution in [-0.4, -0.2) is 54.8 Å². The van der Waals surface area contributed by atoms with Crippen LogP contribution < -0.4 is 5.32 Å². The van der Waals surface area contributed by atoms with Crippen LogP contribution in [0, 0.1) is 5.92 Å². The van der Waals surface area contributed by atoms with Crippen LogP contribution in [0.25, 0.3) is 0 Å². The van der Waals surface area contributed by atoms with Crippen molar-refractivity contribution in [3.8, 4) is 0 Å². The van der Waals surface area contributed by atoms with Gasteiger partial charge in [0.05, 0.1) is 12.7 Å². The van der Waals surface area contributed by atoms with E-state index in [1.54, 1.807) is 0 Å². The minimum Gasteiger partial charge on any atom is -0.374 e. The normalized spacial score (nSPS) is 25.8. The van der Waals surface area contributed by atoms with Gasteiger partial charge in [0, 0.05) is 30.1 Å². The summed E-state index contributed by atoms with van der Waals surface area (Å²) in [6, 6.07) is 0.612. The van der Waals surface area contributed by atoms with Crippen molar-refractivity contribution in [2.75, 3.05) is 37.7 Å². The molecular formula is C11H23IN2O. The van der Waals surface area contributed by atoms with Crippen molar-refractivity contribution in [1.82, 2.24) is 10.2 Å². The highest BCUT2D eigenvalue weighted by atomic mass is 127. The lowest BCUT2D eigenvalue weighted by Crippen LogP contribution is -2.48. The fourth-order valence-electron chi connectivity index (χ4n) is 1.74. The number of hydrogen-bond donors (Lipinski definition) is 1. The number of nitrogens with one attached hydrogen (secondary N) is 1. The Bertz CT molecular complexity index is 178. The third kappa shape index (κ3) is 4.97. The van der Waals surface area contributed by atoms with Gasteiger partial charge in [-0.2, -0.15) is 0 Å². The lowest BCUT2D eigenvalue weighted by Gasteiger charge is -2.31. The predicted molar refractivity (Wildman–Crippen MR) is 72.8 cm³/mol. The molecular weight excluding hydrogens is 303 g/mol. The van der Waals surface area contributed by atoms with Crippen molar-refractivity contribution in [2.45, 2.75) is 26.0 Å². The number of morpholine rings is 1. The first-order chi connectivity index (χ1) is 7.13. The van der Waals surface area contributed by atoms with Crippen molar-refractivity contribution in [2.24, 2.45) is 5.92 Å². The van der Waals surface area contributed by atoms with Gasteiger partial charge in [0.25, 0.3) is 0 Å². The molecule has 4 heteroatoms. The summed E-state index contributed by atoms with van der Waals surface area (Å²) in [5, 5.41) is 3.60. The third-order valence-corrected chi connectivity index (χ3v) is 3.87. The lowest BCUT2D eigenvalue weighted by molar-refractivity contribution is -0.0194. The average molecular weight is 326 g/mol. The summed E-state index contributed by atoms with van der Waals surface area (Å²) in [6.07, 6.45) is 0.368. The van der Waals surface area contributed by atoms with Gasteiger partial charge in [-0.3, -0.25) is 0 Å². The molecule has 2 atom stereocenters. The molecule has 3 nitrogen and oxygen atoms in total. The van der Waals surface area contributed by atoms with Crippen molar-refractivity contribution >= 4 is 22.6 Å². The fraction of sp³-hybridized carbons (Fsp3) is 1.00. The number of hydrogen-bond acceptors (Lipinski definition) is 3. The number of ether oxygens (including phenoxy) is 1. The molecule has 0 aromatic heterocycles. The minimum absolute atomic E-state index is 0.368. The topological polar surface area (TPSA) is 24.5 Å². The molecule has 0 amide bonds. The van der Waals surface area contributed by atoms with Gasteiger partial charge in [-0.05, 0) is 13.0 Å². The van der Waals surface area contributed by atoms with Gasteiger partial charge in [-0.1, -0.05) is 36.4 Å². The van der Waals surface area contributed by atoms with E-state index in [1.807, 2.05) is 0 Å². The van der Waals surface area contributed by atoms with Gasteiger partial charge < -0.3 is 15.0 Å². The molecule has 1 rings (SSSR count). The van der Waals surface area contributed by atoms with Crippen LogP contribution in [0.4, 0.5) is 0 Å². The summed E-state index contributed by atoms with van der Waals surface area (Å²) in [5.74, 6) is 0.697. The quantitative estimate of drug-likeness (QED) is 0.610. The zero-order valence-corrected chi connectivity index (χ0v) is 12.2. The molecule has 15 heavy (non-hydrogen) atoms. The summed E-state index contributed by atoms with van der Waals surface area (Å²) in [7, 11) is 2.16. The predicted octanol–water partition coefficient (Wildman–Crippen LogP) is 1.37. The van der Waals surface area contributed by atoms with Gasteiger partial charge >= 0.3 is 0 Å². The van der Waals surface area contributed by atoms with Crippen LogP contribution in [0.3, 0.4) is 0 Å². The Hall–Kier alpha value is 0.610. The van der Waals surface area contributed by atoms with Crippen LogP contribution in [0.15, 0.2) is 0 Å². The number of halogens is 1. The van der Waals surface area contributed by atoms with E-state index in [2.05, 4.69) is 53.7 Å². The number of likely N-dealkylation sites (N-methyl/N-ethyl adjacent to an activating group) is 1. The molecule has 1 aliphatic heterocycles. The SMILES string of the molecule is CC(C)C(CI)NCC1CN(C)CCO1. The molecule has 0 aromatic carbocycles. The number of alkyl halides is 1. The van der Waals surface area contributed by atoms with E-state index in [9.17, 15) is 0 Å². The fourth-order valence-corrected chi connectivity index (χ4v) is 3.07. The van der Waals surface area contributed by atoms with Crippen LogP contribution in [-0.2, 0) is 4.74 Å². The van der Waals surface area contributed by atoms with E-state index in [1.165, 1.54) is 0 Å². The Kier molecular flexibility index (Phi) is 6.42. The van der Waals surface area contributed by atoms with E-state index in [0.717, 1.165) is 30.7 Å². The minimum atomic E-state index is 0.368. The summed E-state index contributed by atoms with van der Waals surface area (Å²) in [4.78, 5) is 2.34. The summed E-state index contributed by atoms with van der Waals surface area (Å²) in [6.45, 7) is 8.51. The van der Waals surface area contributed by atoms with Gasteiger partial charge in [0.15, 0.2) is 0 Å². The summed E-state index contributed by atoms with van der Waals surface area (Å²) in [5.41, 5.74) is 0. The molecule has 1 N–H and O–H groups in total. The van der Waals surface area contributed by atoms with Gasteiger partial charge in [-0.15, -0.1) is 0 Å². The molecule has 0 saturated carbocycles. The Morgan fingerprint density at radius 3 is 2.80 bits per heavy atom. The maximum Gasteiger partial charge on any atom is 0.0826 e. The van der Waals surface area contributed by atoms with E-state index >= 15 is 0 Å². The van der Waals surface area contributed by atoms with Crippen LogP contribution >= 0.6 is 22.6 Å². The average Bonchev–Trinajstić information content (AvgIpc) is 2.18. The van der Waals surface area contributed by atoms with Crippen molar-refractivity contribution < 1.29 is 4.74 Å². The van der Waals surface area contributed by atoms with Gasteiger partial charge in [-0.25, -0.2) is 0 Å². The third-order valence-electron chi connectivity index (χ3n) is 2.92. The molecule has 1 aliphatic rings. The highest BCUT2D eigenvalue weighted by molar-refractivity contribution is 14.1. The maximum atomic E-state index is 5.72. The Labute approximate surface area is 107 Å². The van der Waals surface area contributed by atoms with Crippen LogP contribution in [0.1, 0.15) is 13.8 Å². The highest BCUT2D eigenvalue weighted by Crippen LogP contribution is 2.07. The molecule has 0 aromatic rings. The molecule has 0 aliphatic carbocycles. The second-order valence-electron chi connectivity index (χ2n) is 4.67. The zero-order chi connectivity index (χ0) is 11.3. The van der Waals surface area contributed by atoms with Crippen molar-refractivity contribution in [3.63, 3.8) is 0 Å².